The molecule has 0 bridgehead atoms. The topological polar surface area (TPSA) is 58.6 Å². The van der Waals surface area contributed by atoms with Crippen LogP contribution in [-0.2, 0) is 11.3 Å². The van der Waals surface area contributed by atoms with Crippen LogP contribution in [0, 0.1) is 5.82 Å². The molecule has 6 heteroatoms. The Kier molecular flexibility index (Phi) is 4.76. The highest BCUT2D eigenvalue weighted by Gasteiger charge is 2.26. The van der Waals surface area contributed by atoms with Gasteiger partial charge in [-0.2, -0.15) is 0 Å². The van der Waals surface area contributed by atoms with E-state index in [-0.39, 0.29) is 12.5 Å². The summed E-state index contributed by atoms with van der Waals surface area (Å²) in [6.07, 6.45) is 0. The second kappa shape index (κ2) is 7.52. The van der Waals surface area contributed by atoms with Crippen LogP contribution in [0.15, 0.2) is 72.8 Å². The molecular formula is C22H17FN2O3. The van der Waals surface area contributed by atoms with Gasteiger partial charge in [-0.05, 0) is 42.0 Å². The van der Waals surface area contributed by atoms with Crippen LogP contribution in [0.25, 0.3) is 0 Å². The number of hydrogen-bond donors (Lipinski definition) is 1. The zero-order valence-corrected chi connectivity index (χ0v) is 14.9. The first-order valence-corrected chi connectivity index (χ1v) is 8.78. The number of anilines is 2. The van der Waals surface area contributed by atoms with Gasteiger partial charge in [-0.15, -0.1) is 0 Å². The first-order chi connectivity index (χ1) is 13.6. The van der Waals surface area contributed by atoms with Crippen molar-refractivity contribution in [2.75, 3.05) is 16.8 Å². The van der Waals surface area contributed by atoms with Crippen LogP contribution in [0.2, 0.25) is 0 Å². The van der Waals surface area contributed by atoms with Crippen molar-refractivity contribution in [2.45, 2.75) is 6.54 Å². The maximum absolute atomic E-state index is 13.3. The van der Waals surface area contributed by atoms with Gasteiger partial charge in [-0.3, -0.25) is 9.59 Å². The first-order valence-electron chi connectivity index (χ1n) is 8.78. The van der Waals surface area contributed by atoms with E-state index in [9.17, 15) is 14.0 Å². The summed E-state index contributed by atoms with van der Waals surface area (Å²) in [5.74, 6) is -0.473. The molecule has 28 heavy (non-hydrogen) atoms. The number of ether oxygens (including phenoxy) is 1. The highest BCUT2D eigenvalue weighted by Crippen LogP contribution is 2.34. The molecule has 1 heterocycles. The molecule has 0 aromatic heterocycles. The number of carbonyl (C=O) groups excluding carboxylic acids is 2. The monoisotopic (exact) mass is 376 g/mol. The molecule has 0 saturated heterocycles. The number of fused-ring (bicyclic) bond motifs is 1. The molecule has 0 saturated carbocycles. The van der Waals surface area contributed by atoms with E-state index < -0.39 is 11.7 Å². The molecule has 0 fully saturated rings. The fourth-order valence-corrected chi connectivity index (χ4v) is 3.05. The third kappa shape index (κ3) is 3.71. The molecule has 0 spiro atoms. The molecule has 140 valence electrons. The molecule has 1 N–H and O–H groups in total. The molecule has 0 atom stereocenters. The minimum absolute atomic E-state index is 0.0470. The van der Waals surface area contributed by atoms with Crippen LogP contribution >= 0.6 is 0 Å². The molecule has 0 aliphatic carbocycles. The molecule has 5 nitrogen and oxygen atoms in total. The number of benzene rings is 3. The van der Waals surface area contributed by atoms with Crippen LogP contribution < -0.4 is 15.0 Å². The van der Waals surface area contributed by atoms with Crippen molar-refractivity contribution in [1.82, 2.24) is 0 Å². The second-order valence-electron chi connectivity index (χ2n) is 6.40. The zero-order chi connectivity index (χ0) is 19.5. The van der Waals surface area contributed by atoms with Crippen molar-refractivity contribution in [1.29, 1.82) is 0 Å². The van der Waals surface area contributed by atoms with Gasteiger partial charge in [0.1, 0.15) is 11.6 Å². The molecule has 1 aliphatic heterocycles. The molecule has 0 radical (unpaired) electrons. The highest BCUT2D eigenvalue weighted by atomic mass is 19.1. The number of nitrogens with one attached hydrogen (secondary N) is 1. The van der Waals surface area contributed by atoms with Gasteiger partial charge in [-0.25, -0.2) is 4.39 Å². The standard InChI is InChI=1S/C22H17FN2O3/c23-17-7-4-8-18(12-17)24-22(27)16-9-10-20-19(11-16)25(21(26)14-28-20)13-15-5-2-1-3-6-15/h1-12H,13-14H2,(H,24,27). The summed E-state index contributed by atoms with van der Waals surface area (Å²) in [4.78, 5) is 26.6. The van der Waals surface area contributed by atoms with Gasteiger partial charge in [0, 0.05) is 11.3 Å². The van der Waals surface area contributed by atoms with E-state index in [1.165, 1.54) is 18.2 Å². The van der Waals surface area contributed by atoms with Crippen molar-refractivity contribution in [3.05, 3.63) is 89.7 Å². The van der Waals surface area contributed by atoms with Gasteiger partial charge in [0.25, 0.3) is 11.8 Å². The van der Waals surface area contributed by atoms with Gasteiger partial charge in [-0.1, -0.05) is 36.4 Å². The normalized spacial score (nSPS) is 12.9. The Morgan fingerprint density at radius 1 is 1.04 bits per heavy atom. The summed E-state index contributed by atoms with van der Waals surface area (Å²) < 4.78 is 18.8. The summed E-state index contributed by atoms with van der Waals surface area (Å²) in [6.45, 7) is 0.333. The lowest BCUT2D eigenvalue weighted by Gasteiger charge is -2.29. The van der Waals surface area contributed by atoms with Crippen molar-refractivity contribution in [2.24, 2.45) is 0 Å². The Morgan fingerprint density at radius 3 is 2.64 bits per heavy atom. The van der Waals surface area contributed by atoms with Gasteiger partial charge < -0.3 is 15.0 Å². The quantitative estimate of drug-likeness (QED) is 0.749. The van der Waals surface area contributed by atoms with Crippen molar-refractivity contribution >= 4 is 23.2 Å². The number of carbonyl (C=O) groups is 2. The van der Waals surface area contributed by atoms with Crippen molar-refractivity contribution < 1.29 is 18.7 Å². The van der Waals surface area contributed by atoms with Crippen LogP contribution in [0.1, 0.15) is 15.9 Å². The number of nitrogens with zero attached hydrogens (tertiary/aromatic N) is 1. The molecule has 1 aliphatic rings. The third-order valence-electron chi connectivity index (χ3n) is 4.43. The molecule has 0 unspecified atom stereocenters. The summed E-state index contributed by atoms with van der Waals surface area (Å²) in [5.41, 5.74) is 2.21. The Morgan fingerprint density at radius 2 is 1.86 bits per heavy atom. The molecule has 3 aromatic carbocycles. The lowest BCUT2D eigenvalue weighted by atomic mass is 10.1. The average molecular weight is 376 g/mol. The van der Waals surface area contributed by atoms with E-state index in [4.69, 9.17) is 4.74 Å². The lowest BCUT2D eigenvalue weighted by Crippen LogP contribution is -2.38. The fourth-order valence-electron chi connectivity index (χ4n) is 3.05. The predicted molar refractivity (Wildman–Crippen MR) is 104 cm³/mol. The first kappa shape index (κ1) is 17.7. The van der Waals surface area contributed by atoms with Gasteiger partial charge >= 0.3 is 0 Å². The van der Waals surface area contributed by atoms with Gasteiger partial charge in [0.2, 0.25) is 0 Å². The van der Waals surface area contributed by atoms with Gasteiger partial charge in [0.15, 0.2) is 6.61 Å². The maximum atomic E-state index is 13.3. The molecule has 3 aromatic rings. The summed E-state index contributed by atoms with van der Waals surface area (Å²) in [6, 6.07) is 20.2. The minimum Gasteiger partial charge on any atom is -0.482 e. The Labute approximate surface area is 161 Å². The Balaban J connectivity index is 1.62. The number of hydrogen-bond acceptors (Lipinski definition) is 3. The lowest BCUT2D eigenvalue weighted by molar-refractivity contribution is -0.121. The number of halogens is 1. The van der Waals surface area contributed by atoms with Crippen LogP contribution in [0.3, 0.4) is 0 Å². The molecule has 2 amide bonds. The van der Waals surface area contributed by atoms with E-state index in [0.717, 1.165) is 5.56 Å². The predicted octanol–water partition coefficient (Wildman–Crippen LogP) is 4.00. The van der Waals surface area contributed by atoms with E-state index in [2.05, 4.69) is 5.32 Å². The van der Waals surface area contributed by atoms with Gasteiger partial charge in [0.05, 0.1) is 12.2 Å². The van der Waals surface area contributed by atoms with Crippen LogP contribution in [0.5, 0.6) is 5.75 Å². The zero-order valence-electron chi connectivity index (χ0n) is 14.9. The maximum Gasteiger partial charge on any atom is 0.265 e. The Hall–Kier alpha value is -3.67. The molecular weight excluding hydrogens is 359 g/mol. The van der Waals surface area contributed by atoms with E-state index in [0.29, 0.717) is 29.2 Å². The highest BCUT2D eigenvalue weighted by molar-refractivity contribution is 6.06. The smallest absolute Gasteiger partial charge is 0.265 e. The van der Waals surface area contributed by atoms with E-state index in [1.54, 1.807) is 29.2 Å². The van der Waals surface area contributed by atoms with Crippen LogP contribution in [-0.4, -0.2) is 18.4 Å². The van der Waals surface area contributed by atoms with E-state index >= 15 is 0 Å². The summed E-state index contributed by atoms with van der Waals surface area (Å²) >= 11 is 0. The number of amides is 2. The van der Waals surface area contributed by atoms with Crippen LogP contribution in [0.4, 0.5) is 15.8 Å². The third-order valence-corrected chi connectivity index (χ3v) is 4.43. The van der Waals surface area contributed by atoms with E-state index in [1.807, 2.05) is 30.3 Å². The fraction of sp³-hybridized carbons (Fsp3) is 0.0909. The minimum atomic E-state index is -0.434. The summed E-state index contributed by atoms with van der Waals surface area (Å²) in [5, 5.41) is 2.66. The van der Waals surface area contributed by atoms with Crippen molar-refractivity contribution in [3.8, 4) is 5.75 Å². The average Bonchev–Trinajstić information content (AvgIpc) is 2.70. The Bertz CT molecular complexity index is 1040. The second-order valence-corrected chi connectivity index (χ2v) is 6.40. The number of rotatable bonds is 4. The molecule has 4 rings (SSSR count). The largest absolute Gasteiger partial charge is 0.482 e. The van der Waals surface area contributed by atoms with Crippen molar-refractivity contribution in [3.63, 3.8) is 0 Å². The SMILES string of the molecule is O=C(Nc1cccc(F)c1)c1ccc2c(c1)N(Cc1ccccc1)C(=O)CO2. The summed E-state index contributed by atoms with van der Waals surface area (Å²) in [7, 11) is 0.